The highest BCUT2D eigenvalue weighted by molar-refractivity contribution is 8.18. The number of anilines is 1. The van der Waals surface area contributed by atoms with Gasteiger partial charge in [0.2, 0.25) is 5.91 Å². The molecule has 0 atom stereocenters. The van der Waals surface area contributed by atoms with Crippen LogP contribution in [0.2, 0.25) is 0 Å². The van der Waals surface area contributed by atoms with E-state index in [0.29, 0.717) is 17.0 Å². The first-order valence-electron chi connectivity index (χ1n) is 9.81. The van der Waals surface area contributed by atoms with Crippen LogP contribution in [0.5, 0.6) is 11.5 Å². The van der Waals surface area contributed by atoms with Gasteiger partial charge in [-0.2, -0.15) is 0 Å². The van der Waals surface area contributed by atoms with Crippen molar-refractivity contribution in [1.29, 1.82) is 0 Å². The topological polar surface area (TPSA) is 102 Å². The van der Waals surface area contributed by atoms with Crippen molar-refractivity contribution in [2.75, 3.05) is 19.0 Å². The molecule has 3 amide bonds. The van der Waals surface area contributed by atoms with Crippen molar-refractivity contribution in [1.82, 2.24) is 4.90 Å². The Morgan fingerprint density at radius 3 is 2.44 bits per heavy atom. The Morgan fingerprint density at radius 1 is 1.09 bits per heavy atom. The van der Waals surface area contributed by atoms with Crippen LogP contribution in [0, 0.1) is 0 Å². The lowest BCUT2D eigenvalue weighted by atomic mass is 10.1. The van der Waals surface area contributed by atoms with Crippen molar-refractivity contribution in [3.05, 3.63) is 58.5 Å². The largest absolute Gasteiger partial charge is 0.493 e. The zero-order valence-electron chi connectivity index (χ0n) is 17.8. The van der Waals surface area contributed by atoms with E-state index in [1.165, 1.54) is 26.2 Å². The van der Waals surface area contributed by atoms with E-state index >= 15 is 0 Å². The standard InChI is InChI=1S/C23H22N2O6S/c1-4-15-5-8-17(9-6-15)24-21(27)13-25-22(28)20(32-23(25)29)12-16-7-10-18(31-14(2)26)19(11-16)30-3/h5-12H,4,13H2,1-3H3,(H,24,27)/b20-12-. The Morgan fingerprint density at radius 2 is 1.81 bits per heavy atom. The maximum Gasteiger partial charge on any atom is 0.308 e. The summed E-state index contributed by atoms with van der Waals surface area (Å²) in [5.41, 5.74) is 2.30. The molecule has 1 saturated heterocycles. The second-order valence-corrected chi connectivity index (χ2v) is 7.86. The zero-order valence-corrected chi connectivity index (χ0v) is 18.7. The molecule has 32 heavy (non-hydrogen) atoms. The lowest BCUT2D eigenvalue weighted by Crippen LogP contribution is -2.36. The fourth-order valence-corrected chi connectivity index (χ4v) is 3.81. The van der Waals surface area contributed by atoms with Crippen molar-refractivity contribution in [3.8, 4) is 11.5 Å². The van der Waals surface area contributed by atoms with Gasteiger partial charge in [-0.1, -0.05) is 25.1 Å². The number of nitrogens with one attached hydrogen (secondary N) is 1. The summed E-state index contributed by atoms with van der Waals surface area (Å²) in [7, 11) is 1.42. The zero-order chi connectivity index (χ0) is 23.3. The van der Waals surface area contributed by atoms with Gasteiger partial charge < -0.3 is 14.8 Å². The third-order valence-corrected chi connectivity index (χ3v) is 5.47. The van der Waals surface area contributed by atoms with Crippen LogP contribution in [0.4, 0.5) is 10.5 Å². The molecule has 0 radical (unpaired) electrons. The minimum absolute atomic E-state index is 0.178. The van der Waals surface area contributed by atoms with Crippen LogP contribution in [-0.4, -0.2) is 41.6 Å². The molecule has 166 valence electrons. The fourth-order valence-electron chi connectivity index (χ4n) is 2.97. The number of methoxy groups -OCH3 is 1. The average molecular weight is 455 g/mol. The van der Waals surface area contributed by atoms with Crippen LogP contribution < -0.4 is 14.8 Å². The van der Waals surface area contributed by atoms with Crippen LogP contribution in [0.15, 0.2) is 47.4 Å². The number of amides is 3. The van der Waals surface area contributed by atoms with E-state index < -0.39 is 23.0 Å². The monoisotopic (exact) mass is 454 g/mol. The molecule has 0 aromatic heterocycles. The summed E-state index contributed by atoms with van der Waals surface area (Å²) in [4.78, 5) is 49.6. The van der Waals surface area contributed by atoms with E-state index in [0.717, 1.165) is 28.6 Å². The van der Waals surface area contributed by atoms with E-state index in [-0.39, 0.29) is 17.2 Å². The summed E-state index contributed by atoms with van der Waals surface area (Å²) in [5, 5.41) is 2.16. The first-order valence-corrected chi connectivity index (χ1v) is 10.6. The van der Waals surface area contributed by atoms with Crippen LogP contribution in [0.1, 0.15) is 25.0 Å². The Bertz CT molecular complexity index is 1090. The third-order valence-electron chi connectivity index (χ3n) is 4.56. The van der Waals surface area contributed by atoms with Crippen LogP contribution in [0.3, 0.4) is 0 Å². The molecule has 0 unspecified atom stereocenters. The van der Waals surface area contributed by atoms with Gasteiger partial charge in [-0.05, 0) is 59.7 Å². The molecular weight excluding hydrogens is 432 g/mol. The predicted octanol–water partition coefficient (Wildman–Crippen LogP) is 3.86. The minimum atomic E-state index is -0.556. The molecule has 0 saturated carbocycles. The molecule has 1 N–H and O–H groups in total. The van der Waals surface area contributed by atoms with Gasteiger partial charge in [-0.15, -0.1) is 0 Å². The summed E-state index contributed by atoms with van der Waals surface area (Å²) in [5.74, 6) is -0.961. The number of rotatable bonds is 7. The summed E-state index contributed by atoms with van der Waals surface area (Å²) in [6.07, 6.45) is 2.40. The molecule has 2 aromatic carbocycles. The van der Waals surface area contributed by atoms with Crippen molar-refractivity contribution in [3.63, 3.8) is 0 Å². The van der Waals surface area contributed by atoms with Gasteiger partial charge in [-0.3, -0.25) is 24.1 Å². The fraction of sp³-hybridized carbons (Fsp3) is 0.217. The Hall–Kier alpha value is -3.59. The maximum absolute atomic E-state index is 12.7. The number of benzene rings is 2. The van der Waals surface area contributed by atoms with Gasteiger partial charge in [0, 0.05) is 12.6 Å². The van der Waals surface area contributed by atoms with Gasteiger partial charge in [0.25, 0.3) is 11.1 Å². The SMILES string of the molecule is CCc1ccc(NC(=O)CN2C(=O)S/C(=C\c3ccc(OC(C)=O)c(OC)c3)C2=O)cc1. The first-order chi connectivity index (χ1) is 15.3. The maximum atomic E-state index is 12.7. The Kier molecular flexibility index (Phi) is 7.32. The molecule has 1 fully saturated rings. The number of aryl methyl sites for hydroxylation is 1. The molecule has 9 heteroatoms. The van der Waals surface area contributed by atoms with E-state index in [4.69, 9.17) is 9.47 Å². The highest BCUT2D eigenvalue weighted by atomic mass is 32.2. The van der Waals surface area contributed by atoms with Crippen LogP contribution in [-0.2, 0) is 20.8 Å². The summed E-state index contributed by atoms with van der Waals surface area (Å²) in [6, 6.07) is 12.1. The second-order valence-electron chi connectivity index (χ2n) is 6.87. The number of ether oxygens (including phenoxy) is 2. The van der Waals surface area contributed by atoms with Gasteiger partial charge in [-0.25, -0.2) is 0 Å². The summed E-state index contributed by atoms with van der Waals surface area (Å²) < 4.78 is 10.3. The quantitative estimate of drug-likeness (QED) is 0.385. The number of carbonyl (C=O) groups excluding carboxylic acids is 4. The van der Waals surface area contributed by atoms with E-state index in [1.807, 2.05) is 19.1 Å². The number of nitrogens with zero attached hydrogens (tertiary/aromatic N) is 1. The third kappa shape index (κ3) is 5.55. The van der Waals surface area contributed by atoms with Crippen molar-refractivity contribution < 1.29 is 28.7 Å². The molecule has 0 bridgehead atoms. The first kappa shape index (κ1) is 23.1. The van der Waals surface area contributed by atoms with Crippen molar-refractivity contribution in [2.45, 2.75) is 20.3 Å². The average Bonchev–Trinajstić information content (AvgIpc) is 3.02. The normalized spacial score (nSPS) is 14.6. The van der Waals surface area contributed by atoms with E-state index in [2.05, 4.69) is 5.32 Å². The Labute approximate surface area is 189 Å². The van der Waals surface area contributed by atoms with Crippen molar-refractivity contribution in [2.24, 2.45) is 0 Å². The molecule has 0 spiro atoms. The van der Waals surface area contributed by atoms with E-state index in [9.17, 15) is 19.2 Å². The lowest BCUT2D eigenvalue weighted by Gasteiger charge is -2.12. The number of hydrogen-bond donors (Lipinski definition) is 1. The number of thioether (sulfide) groups is 1. The second kappa shape index (κ2) is 10.1. The van der Waals surface area contributed by atoms with E-state index in [1.54, 1.807) is 24.3 Å². The number of esters is 1. The minimum Gasteiger partial charge on any atom is -0.493 e. The lowest BCUT2D eigenvalue weighted by molar-refractivity contribution is -0.132. The highest BCUT2D eigenvalue weighted by Gasteiger charge is 2.36. The summed E-state index contributed by atoms with van der Waals surface area (Å²) in [6.45, 7) is 2.93. The van der Waals surface area contributed by atoms with Gasteiger partial charge in [0.1, 0.15) is 6.54 Å². The molecular formula is C23H22N2O6S. The highest BCUT2D eigenvalue weighted by Crippen LogP contribution is 2.34. The molecule has 1 aliphatic rings. The smallest absolute Gasteiger partial charge is 0.308 e. The Balaban J connectivity index is 1.70. The molecule has 1 heterocycles. The molecule has 3 rings (SSSR count). The summed E-state index contributed by atoms with van der Waals surface area (Å²) >= 11 is 0.751. The molecule has 2 aromatic rings. The number of hydrogen-bond acceptors (Lipinski definition) is 7. The number of carbonyl (C=O) groups is 4. The molecule has 1 aliphatic heterocycles. The van der Waals surface area contributed by atoms with Gasteiger partial charge in [0.05, 0.1) is 12.0 Å². The van der Waals surface area contributed by atoms with Gasteiger partial charge in [0.15, 0.2) is 11.5 Å². The van der Waals surface area contributed by atoms with Crippen LogP contribution >= 0.6 is 11.8 Å². The predicted molar refractivity (Wildman–Crippen MR) is 121 cm³/mol. The van der Waals surface area contributed by atoms with Gasteiger partial charge >= 0.3 is 5.97 Å². The van der Waals surface area contributed by atoms with Crippen molar-refractivity contribution >= 4 is 46.5 Å². The van der Waals surface area contributed by atoms with Crippen LogP contribution in [0.25, 0.3) is 6.08 Å². The molecule has 8 nitrogen and oxygen atoms in total. The molecule has 0 aliphatic carbocycles. The number of imide groups is 1.